The van der Waals surface area contributed by atoms with Crippen LogP contribution in [-0.4, -0.2) is 49.0 Å². The zero-order valence-corrected chi connectivity index (χ0v) is 19.0. The van der Waals surface area contributed by atoms with Gasteiger partial charge in [0.05, 0.1) is 18.2 Å². The van der Waals surface area contributed by atoms with E-state index in [1.54, 1.807) is 4.90 Å². The van der Waals surface area contributed by atoms with E-state index in [0.29, 0.717) is 24.8 Å². The molecular formula is C26H33N3O3. The van der Waals surface area contributed by atoms with Crippen molar-refractivity contribution in [1.82, 2.24) is 10.2 Å². The predicted molar refractivity (Wildman–Crippen MR) is 126 cm³/mol. The number of hydrogen-bond acceptors (Lipinski definition) is 4. The maximum atomic E-state index is 13.0. The molecule has 2 aromatic rings. The summed E-state index contributed by atoms with van der Waals surface area (Å²) in [5.74, 6) is 0.724. The van der Waals surface area contributed by atoms with Gasteiger partial charge in [-0.3, -0.25) is 14.5 Å². The molecule has 170 valence electrons. The van der Waals surface area contributed by atoms with E-state index in [4.69, 9.17) is 4.74 Å². The Morgan fingerprint density at radius 2 is 1.88 bits per heavy atom. The van der Waals surface area contributed by atoms with E-state index in [2.05, 4.69) is 41.4 Å². The zero-order valence-electron chi connectivity index (χ0n) is 19.0. The molecule has 6 nitrogen and oxygen atoms in total. The number of nitrogens with zero attached hydrogens (tertiary/aromatic N) is 2. The summed E-state index contributed by atoms with van der Waals surface area (Å²) in [6.45, 7) is 7.91. The van der Waals surface area contributed by atoms with Crippen molar-refractivity contribution in [2.45, 2.75) is 39.3 Å². The van der Waals surface area contributed by atoms with Crippen LogP contribution < -0.4 is 15.0 Å². The summed E-state index contributed by atoms with van der Waals surface area (Å²) in [5, 5.41) is 3.20. The Morgan fingerprint density at radius 1 is 1.12 bits per heavy atom. The highest BCUT2D eigenvalue weighted by molar-refractivity contribution is 6.01. The van der Waals surface area contributed by atoms with Crippen molar-refractivity contribution in [3.63, 3.8) is 0 Å². The van der Waals surface area contributed by atoms with Crippen LogP contribution in [-0.2, 0) is 16.1 Å². The summed E-state index contributed by atoms with van der Waals surface area (Å²) in [7, 11) is 0. The van der Waals surface area contributed by atoms with Gasteiger partial charge < -0.3 is 15.0 Å². The first-order valence-electron chi connectivity index (χ1n) is 11.6. The molecule has 2 aliphatic heterocycles. The maximum Gasteiger partial charge on any atom is 0.227 e. The molecule has 2 aromatic carbocycles. The number of benzene rings is 2. The van der Waals surface area contributed by atoms with Crippen LogP contribution in [0.4, 0.5) is 5.69 Å². The molecule has 2 heterocycles. The Balaban J connectivity index is 1.31. The lowest BCUT2D eigenvalue weighted by atomic mass is 9.99. The molecule has 0 unspecified atom stereocenters. The summed E-state index contributed by atoms with van der Waals surface area (Å²) >= 11 is 0. The average molecular weight is 436 g/mol. The largest absolute Gasteiger partial charge is 0.492 e. The van der Waals surface area contributed by atoms with Crippen molar-refractivity contribution in [2.75, 3.05) is 31.1 Å². The molecule has 0 aliphatic carbocycles. The van der Waals surface area contributed by atoms with Gasteiger partial charge in [0.15, 0.2) is 0 Å². The average Bonchev–Trinajstić information content (AvgIpc) is 3.42. The van der Waals surface area contributed by atoms with Crippen LogP contribution in [0.3, 0.4) is 0 Å². The second kappa shape index (κ2) is 10.2. The van der Waals surface area contributed by atoms with E-state index in [0.717, 1.165) is 31.7 Å². The SMILES string of the molecule is CCOc1ccccc1N1C[C@H](C(=O)N[C@@H](C)[C@H]2CCN(Cc3ccccc3)C2)CC1=O. The van der Waals surface area contributed by atoms with Gasteiger partial charge in [-0.25, -0.2) is 0 Å². The molecule has 0 saturated carbocycles. The van der Waals surface area contributed by atoms with Gasteiger partial charge in [0, 0.05) is 32.1 Å². The van der Waals surface area contributed by atoms with E-state index < -0.39 is 0 Å². The highest BCUT2D eigenvalue weighted by Crippen LogP contribution is 2.33. The monoisotopic (exact) mass is 435 g/mol. The number of rotatable bonds is 8. The molecule has 1 N–H and O–H groups in total. The van der Waals surface area contributed by atoms with Crippen molar-refractivity contribution in [3.05, 3.63) is 60.2 Å². The number of amides is 2. The smallest absolute Gasteiger partial charge is 0.227 e. The van der Waals surface area contributed by atoms with E-state index in [1.807, 2.05) is 37.3 Å². The predicted octanol–water partition coefficient (Wildman–Crippen LogP) is 3.47. The fourth-order valence-electron chi connectivity index (χ4n) is 4.79. The highest BCUT2D eigenvalue weighted by Gasteiger charge is 2.37. The standard InChI is InChI=1S/C26H33N3O3/c1-3-32-24-12-8-7-11-23(24)29-18-22(15-25(29)30)26(31)27-19(2)21-13-14-28(17-21)16-20-9-5-4-6-10-20/h4-12,19,21-22H,3,13-18H2,1-2H3,(H,27,31)/t19-,21-,22+/m0/s1. The van der Waals surface area contributed by atoms with Gasteiger partial charge in [0.1, 0.15) is 5.75 Å². The number of para-hydroxylation sites is 2. The maximum absolute atomic E-state index is 13.0. The number of ether oxygens (including phenoxy) is 1. The third kappa shape index (κ3) is 5.13. The summed E-state index contributed by atoms with van der Waals surface area (Å²) in [6, 6.07) is 18.1. The Kier molecular flexibility index (Phi) is 7.10. The first-order chi connectivity index (χ1) is 15.5. The van der Waals surface area contributed by atoms with Gasteiger partial charge in [-0.2, -0.15) is 0 Å². The molecule has 6 heteroatoms. The first-order valence-corrected chi connectivity index (χ1v) is 11.6. The number of nitrogens with one attached hydrogen (secondary N) is 1. The summed E-state index contributed by atoms with van der Waals surface area (Å²) in [6.07, 6.45) is 1.32. The minimum absolute atomic E-state index is 0.0243. The lowest BCUT2D eigenvalue weighted by molar-refractivity contribution is -0.127. The minimum atomic E-state index is -0.332. The van der Waals surface area contributed by atoms with Gasteiger partial charge in [-0.1, -0.05) is 42.5 Å². The van der Waals surface area contributed by atoms with Crippen molar-refractivity contribution in [1.29, 1.82) is 0 Å². The van der Waals surface area contributed by atoms with Gasteiger partial charge >= 0.3 is 0 Å². The summed E-state index contributed by atoms with van der Waals surface area (Å²) in [4.78, 5) is 29.8. The van der Waals surface area contributed by atoms with Crippen LogP contribution in [0.5, 0.6) is 5.75 Å². The molecule has 2 amide bonds. The number of likely N-dealkylation sites (tertiary alicyclic amines) is 1. The topological polar surface area (TPSA) is 61.9 Å². The Labute approximate surface area is 190 Å². The number of hydrogen-bond donors (Lipinski definition) is 1. The third-order valence-electron chi connectivity index (χ3n) is 6.59. The van der Waals surface area contributed by atoms with Crippen LogP contribution in [0.15, 0.2) is 54.6 Å². The molecule has 0 radical (unpaired) electrons. The van der Waals surface area contributed by atoms with Gasteiger partial charge in [0.2, 0.25) is 11.8 Å². The van der Waals surface area contributed by atoms with Crippen LogP contribution in [0.1, 0.15) is 32.3 Å². The molecule has 2 fully saturated rings. The number of carbonyl (C=O) groups excluding carboxylic acids is 2. The van der Waals surface area contributed by atoms with E-state index in [-0.39, 0.29) is 30.2 Å². The van der Waals surface area contributed by atoms with Crippen molar-refractivity contribution in [2.24, 2.45) is 11.8 Å². The number of anilines is 1. The van der Waals surface area contributed by atoms with Gasteiger partial charge in [0.25, 0.3) is 0 Å². The lowest BCUT2D eigenvalue weighted by Crippen LogP contribution is -2.42. The molecular weight excluding hydrogens is 402 g/mol. The fraction of sp³-hybridized carbons (Fsp3) is 0.462. The Morgan fingerprint density at radius 3 is 2.66 bits per heavy atom. The minimum Gasteiger partial charge on any atom is -0.492 e. The molecule has 4 rings (SSSR count). The normalized spacial score (nSPS) is 22.2. The lowest BCUT2D eigenvalue weighted by Gasteiger charge is -2.24. The quantitative estimate of drug-likeness (QED) is 0.690. The zero-order chi connectivity index (χ0) is 22.5. The molecule has 32 heavy (non-hydrogen) atoms. The Hall–Kier alpha value is -2.86. The van der Waals surface area contributed by atoms with Crippen LogP contribution in [0, 0.1) is 11.8 Å². The van der Waals surface area contributed by atoms with Crippen molar-refractivity contribution >= 4 is 17.5 Å². The molecule has 3 atom stereocenters. The Bertz CT molecular complexity index is 933. The van der Waals surface area contributed by atoms with Crippen LogP contribution in [0.25, 0.3) is 0 Å². The third-order valence-corrected chi connectivity index (χ3v) is 6.59. The summed E-state index contributed by atoms with van der Waals surface area (Å²) in [5.41, 5.74) is 2.07. The van der Waals surface area contributed by atoms with E-state index in [1.165, 1.54) is 5.56 Å². The van der Waals surface area contributed by atoms with Gasteiger partial charge in [-0.15, -0.1) is 0 Å². The first kappa shape index (κ1) is 22.3. The molecule has 2 aliphatic rings. The van der Waals surface area contributed by atoms with Crippen molar-refractivity contribution in [3.8, 4) is 5.75 Å². The van der Waals surface area contributed by atoms with E-state index in [9.17, 15) is 9.59 Å². The van der Waals surface area contributed by atoms with Crippen LogP contribution >= 0.6 is 0 Å². The fourth-order valence-corrected chi connectivity index (χ4v) is 4.79. The second-order valence-corrected chi connectivity index (χ2v) is 8.87. The second-order valence-electron chi connectivity index (χ2n) is 8.87. The van der Waals surface area contributed by atoms with Crippen LogP contribution in [0.2, 0.25) is 0 Å². The number of carbonyl (C=O) groups is 2. The molecule has 0 spiro atoms. The summed E-state index contributed by atoms with van der Waals surface area (Å²) < 4.78 is 5.68. The van der Waals surface area contributed by atoms with Gasteiger partial charge in [-0.05, 0) is 50.4 Å². The highest BCUT2D eigenvalue weighted by atomic mass is 16.5. The van der Waals surface area contributed by atoms with E-state index >= 15 is 0 Å². The molecule has 0 aromatic heterocycles. The molecule has 2 saturated heterocycles. The molecule has 0 bridgehead atoms. The van der Waals surface area contributed by atoms with Crippen molar-refractivity contribution < 1.29 is 14.3 Å².